The van der Waals surface area contributed by atoms with Gasteiger partial charge in [0.05, 0.1) is 11.2 Å². The van der Waals surface area contributed by atoms with Crippen molar-refractivity contribution in [1.29, 1.82) is 0 Å². The minimum Gasteiger partial charge on any atom is -0.326 e. The number of amides is 1. The Bertz CT molecular complexity index is 928. The van der Waals surface area contributed by atoms with Crippen LogP contribution in [0.2, 0.25) is 0 Å². The maximum atomic E-state index is 11.4. The largest absolute Gasteiger partial charge is 0.326 e. The molecule has 6 heteroatoms. The summed E-state index contributed by atoms with van der Waals surface area (Å²) < 4.78 is 1.74. The third-order valence-electron chi connectivity index (χ3n) is 3.63. The number of nitrogens with one attached hydrogen (secondary N) is 1. The van der Waals surface area contributed by atoms with Crippen LogP contribution in [0.15, 0.2) is 30.5 Å². The molecule has 2 heterocycles. The van der Waals surface area contributed by atoms with Crippen LogP contribution in [0.1, 0.15) is 23.0 Å². The lowest BCUT2D eigenvalue weighted by molar-refractivity contribution is -0.114. The summed E-state index contributed by atoms with van der Waals surface area (Å²) in [7, 11) is 1.83. The molecule has 0 aliphatic rings. The highest BCUT2D eigenvalue weighted by molar-refractivity contribution is 6.03. The van der Waals surface area contributed by atoms with E-state index in [1.165, 1.54) is 6.92 Å². The Morgan fingerprint density at radius 2 is 2.09 bits per heavy atom. The fourth-order valence-corrected chi connectivity index (χ4v) is 2.62. The monoisotopic (exact) mass is 308 g/mol. The van der Waals surface area contributed by atoms with Gasteiger partial charge in [-0.3, -0.25) is 19.3 Å². The van der Waals surface area contributed by atoms with E-state index in [0.717, 1.165) is 34.1 Å². The number of anilines is 1. The Kier molecular flexibility index (Phi) is 3.65. The van der Waals surface area contributed by atoms with Crippen molar-refractivity contribution in [2.45, 2.75) is 13.8 Å². The van der Waals surface area contributed by atoms with E-state index in [9.17, 15) is 9.59 Å². The van der Waals surface area contributed by atoms with Gasteiger partial charge in [-0.05, 0) is 31.2 Å². The minimum atomic E-state index is -0.223. The van der Waals surface area contributed by atoms with Crippen molar-refractivity contribution in [3.05, 3.63) is 41.7 Å². The van der Waals surface area contributed by atoms with Gasteiger partial charge >= 0.3 is 0 Å². The van der Waals surface area contributed by atoms with E-state index in [0.29, 0.717) is 11.3 Å². The van der Waals surface area contributed by atoms with Crippen molar-refractivity contribution < 1.29 is 9.59 Å². The highest BCUT2D eigenvalue weighted by atomic mass is 16.1. The molecule has 0 spiro atoms. The van der Waals surface area contributed by atoms with Gasteiger partial charge < -0.3 is 5.32 Å². The number of fused-ring (bicyclic) bond motifs is 1. The molecule has 0 radical (unpaired) electrons. The van der Waals surface area contributed by atoms with Gasteiger partial charge in [0.1, 0.15) is 5.69 Å². The van der Waals surface area contributed by atoms with Gasteiger partial charge in [0.2, 0.25) is 5.91 Å². The Hall–Kier alpha value is -3.02. The maximum Gasteiger partial charge on any atom is 0.221 e. The molecular weight excluding hydrogens is 292 g/mol. The first-order valence-electron chi connectivity index (χ1n) is 7.16. The van der Waals surface area contributed by atoms with E-state index in [4.69, 9.17) is 0 Å². The second-order valence-corrected chi connectivity index (χ2v) is 5.41. The quantitative estimate of drug-likeness (QED) is 0.755. The molecular formula is C17H16N4O2. The number of rotatable bonds is 3. The van der Waals surface area contributed by atoms with Crippen LogP contribution < -0.4 is 5.32 Å². The van der Waals surface area contributed by atoms with Crippen LogP contribution in [0.3, 0.4) is 0 Å². The molecule has 3 rings (SSSR count). The van der Waals surface area contributed by atoms with Crippen LogP contribution >= 0.6 is 0 Å². The Morgan fingerprint density at radius 1 is 1.30 bits per heavy atom. The molecule has 0 saturated heterocycles. The van der Waals surface area contributed by atoms with Crippen molar-refractivity contribution >= 4 is 28.8 Å². The second kappa shape index (κ2) is 5.64. The smallest absolute Gasteiger partial charge is 0.221 e. The third-order valence-corrected chi connectivity index (χ3v) is 3.63. The molecule has 0 fully saturated rings. The van der Waals surface area contributed by atoms with Gasteiger partial charge in [-0.2, -0.15) is 5.10 Å². The number of hydrogen-bond donors (Lipinski definition) is 1. The van der Waals surface area contributed by atoms with Crippen molar-refractivity contribution in [3.8, 4) is 11.3 Å². The van der Waals surface area contributed by atoms with Gasteiger partial charge in [0.15, 0.2) is 6.29 Å². The first kappa shape index (κ1) is 14.9. The van der Waals surface area contributed by atoms with Gasteiger partial charge in [-0.25, -0.2) is 0 Å². The first-order chi connectivity index (χ1) is 11.0. The van der Waals surface area contributed by atoms with E-state index in [-0.39, 0.29) is 5.91 Å². The first-order valence-corrected chi connectivity index (χ1v) is 7.16. The van der Waals surface area contributed by atoms with E-state index < -0.39 is 0 Å². The predicted molar refractivity (Wildman–Crippen MR) is 88.4 cm³/mol. The third kappa shape index (κ3) is 2.70. The summed E-state index contributed by atoms with van der Waals surface area (Å²) in [6.07, 6.45) is 2.47. The van der Waals surface area contributed by atoms with Crippen LogP contribution in [-0.4, -0.2) is 27.0 Å². The lowest BCUT2D eigenvalue weighted by Crippen LogP contribution is -2.08. The zero-order valence-electron chi connectivity index (χ0n) is 13.1. The molecule has 0 aliphatic heterocycles. The molecule has 6 nitrogen and oxygen atoms in total. The van der Waals surface area contributed by atoms with E-state index in [1.54, 1.807) is 23.0 Å². The number of carbonyl (C=O) groups excluding carboxylic acids is 2. The molecule has 2 aromatic heterocycles. The summed E-state index contributed by atoms with van der Waals surface area (Å²) in [6, 6.07) is 7.36. The van der Waals surface area contributed by atoms with Gasteiger partial charge in [0.25, 0.3) is 0 Å². The average molecular weight is 308 g/mol. The van der Waals surface area contributed by atoms with Crippen LogP contribution in [-0.2, 0) is 11.8 Å². The predicted octanol–water partition coefficient (Wildman–Crippen LogP) is 2.71. The number of hydrogen-bond acceptors (Lipinski definition) is 4. The summed E-state index contributed by atoms with van der Waals surface area (Å²) >= 11 is 0. The summed E-state index contributed by atoms with van der Waals surface area (Å²) in [5, 5.41) is 8.09. The highest BCUT2D eigenvalue weighted by Gasteiger charge is 2.15. The number of benzene rings is 1. The molecule has 23 heavy (non-hydrogen) atoms. The van der Waals surface area contributed by atoms with Crippen LogP contribution in [0, 0.1) is 6.92 Å². The lowest BCUT2D eigenvalue weighted by Gasteiger charge is -2.07. The molecule has 1 N–H and O–H groups in total. The second-order valence-electron chi connectivity index (χ2n) is 5.41. The number of aryl methyl sites for hydroxylation is 2. The summed E-state index contributed by atoms with van der Waals surface area (Å²) in [5.74, 6) is -0.223. The standard InChI is InChI=1S/C17H16N4O2/c1-10-6-12(4-5-18-10)17-14-7-13(9-22)15(19-11(2)23)8-16(14)21(3)20-17/h4-9H,1-3H3,(H,19,23). The number of aldehydes is 1. The topological polar surface area (TPSA) is 76.9 Å². The minimum absolute atomic E-state index is 0.223. The van der Waals surface area contributed by atoms with E-state index in [2.05, 4.69) is 15.4 Å². The van der Waals surface area contributed by atoms with Crippen molar-refractivity contribution in [2.75, 3.05) is 5.32 Å². The van der Waals surface area contributed by atoms with Gasteiger partial charge in [0, 0.05) is 42.4 Å². The average Bonchev–Trinajstić information content (AvgIpc) is 2.82. The molecule has 1 aromatic carbocycles. The van der Waals surface area contributed by atoms with Crippen LogP contribution in [0.5, 0.6) is 0 Å². The lowest BCUT2D eigenvalue weighted by atomic mass is 10.0. The zero-order valence-corrected chi connectivity index (χ0v) is 13.1. The molecule has 116 valence electrons. The Labute approximate surface area is 133 Å². The van der Waals surface area contributed by atoms with Gasteiger partial charge in [-0.15, -0.1) is 0 Å². The highest BCUT2D eigenvalue weighted by Crippen LogP contribution is 2.31. The molecule has 0 saturated carbocycles. The fourth-order valence-electron chi connectivity index (χ4n) is 2.62. The molecule has 0 bridgehead atoms. The molecule has 1 amide bonds. The van der Waals surface area contributed by atoms with Crippen LogP contribution in [0.4, 0.5) is 5.69 Å². The summed E-state index contributed by atoms with van der Waals surface area (Å²) in [6.45, 7) is 3.33. The van der Waals surface area contributed by atoms with E-state index >= 15 is 0 Å². The molecule has 0 unspecified atom stereocenters. The van der Waals surface area contributed by atoms with Crippen molar-refractivity contribution in [2.24, 2.45) is 7.05 Å². The van der Waals surface area contributed by atoms with Crippen molar-refractivity contribution in [1.82, 2.24) is 14.8 Å². The molecule has 0 aliphatic carbocycles. The SMILES string of the molecule is CC(=O)Nc1cc2c(cc1C=O)c(-c1ccnc(C)c1)nn2C. The van der Waals surface area contributed by atoms with Crippen molar-refractivity contribution in [3.63, 3.8) is 0 Å². The number of pyridine rings is 1. The number of carbonyl (C=O) groups is 2. The fraction of sp³-hybridized carbons (Fsp3) is 0.176. The molecule has 0 atom stereocenters. The maximum absolute atomic E-state index is 11.4. The summed E-state index contributed by atoms with van der Waals surface area (Å²) in [4.78, 5) is 26.9. The summed E-state index contributed by atoms with van der Waals surface area (Å²) in [5.41, 5.74) is 4.36. The van der Waals surface area contributed by atoms with Crippen LogP contribution in [0.25, 0.3) is 22.2 Å². The Balaban J connectivity index is 2.26. The van der Waals surface area contributed by atoms with E-state index in [1.807, 2.05) is 26.1 Å². The normalized spacial score (nSPS) is 10.7. The zero-order chi connectivity index (χ0) is 16.6. The number of nitrogens with zero attached hydrogens (tertiary/aromatic N) is 3. The molecule has 3 aromatic rings. The Morgan fingerprint density at radius 3 is 2.74 bits per heavy atom. The number of aromatic nitrogens is 3. The van der Waals surface area contributed by atoms with Gasteiger partial charge in [-0.1, -0.05) is 0 Å².